The SMILES string of the molecule is CC1=C([Si](C)(C)C)[C@H]1CO. The molecule has 1 aliphatic rings. The van der Waals surface area contributed by atoms with Gasteiger partial charge in [0, 0.05) is 5.92 Å². The van der Waals surface area contributed by atoms with Crippen LogP contribution in [0.2, 0.25) is 19.6 Å². The van der Waals surface area contributed by atoms with Crippen molar-refractivity contribution in [2.24, 2.45) is 5.92 Å². The third-order valence-corrected chi connectivity index (χ3v) is 4.56. The predicted molar refractivity (Wildman–Crippen MR) is 46.6 cm³/mol. The maximum Gasteiger partial charge on any atom is 0.0733 e. The first-order chi connectivity index (χ1) is 4.48. The lowest BCUT2D eigenvalue weighted by atomic mass is 10.3. The fourth-order valence-corrected chi connectivity index (χ4v) is 4.37. The molecular formula is C8H16OSi. The first-order valence-electron chi connectivity index (χ1n) is 3.80. The topological polar surface area (TPSA) is 20.2 Å². The number of rotatable bonds is 2. The molecule has 1 N–H and O–H groups in total. The van der Waals surface area contributed by atoms with Gasteiger partial charge >= 0.3 is 0 Å². The summed E-state index contributed by atoms with van der Waals surface area (Å²) in [4.78, 5) is 0. The van der Waals surface area contributed by atoms with Gasteiger partial charge in [-0.15, -0.1) is 0 Å². The highest BCUT2D eigenvalue weighted by Crippen LogP contribution is 2.44. The van der Waals surface area contributed by atoms with Crippen molar-refractivity contribution in [2.45, 2.75) is 26.6 Å². The first-order valence-corrected chi connectivity index (χ1v) is 7.30. The fourth-order valence-electron chi connectivity index (χ4n) is 1.73. The van der Waals surface area contributed by atoms with Gasteiger partial charge in [0.1, 0.15) is 0 Å². The highest BCUT2D eigenvalue weighted by Gasteiger charge is 2.40. The zero-order valence-electron chi connectivity index (χ0n) is 7.23. The minimum Gasteiger partial charge on any atom is -0.395 e. The molecule has 0 aromatic carbocycles. The summed E-state index contributed by atoms with van der Waals surface area (Å²) < 4.78 is 0. The first kappa shape index (κ1) is 8.02. The molecule has 1 aliphatic carbocycles. The Morgan fingerprint density at radius 3 is 2.00 bits per heavy atom. The minimum absolute atomic E-state index is 0.339. The summed E-state index contributed by atoms with van der Waals surface area (Å²) in [6, 6.07) is 0. The van der Waals surface area contributed by atoms with E-state index in [0.29, 0.717) is 12.5 Å². The standard InChI is InChI=1S/C8H16OSi/c1-6-7(5-9)8(6)10(2,3)4/h7,9H,5H2,1-4H3/t7-/m0/s1. The Morgan fingerprint density at radius 1 is 1.40 bits per heavy atom. The van der Waals surface area contributed by atoms with Crippen LogP contribution in [-0.2, 0) is 0 Å². The second-order valence-corrected chi connectivity index (χ2v) is 9.12. The van der Waals surface area contributed by atoms with Crippen molar-refractivity contribution in [1.29, 1.82) is 0 Å². The average Bonchev–Trinajstić information content (AvgIpc) is 2.39. The summed E-state index contributed by atoms with van der Waals surface area (Å²) in [5.41, 5.74) is 1.46. The average molecular weight is 156 g/mol. The lowest BCUT2D eigenvalue weighted by molar-refractivity contribution is 0.282. The number of hydrogen-bond acceptors (Lipinski definition) is 1. The summed E-state index contributed by atoms with van der Waals surface area (Å²) in [7, 11) is -1.05. The van der Waals surface area contributed by atoms with E-state index in [1.165, 1.54) is 5.57 Å². The molecule has 0 spiro atoms. The zero-order chi connectivity index (χ0) is 7.94. The minimum atomic E-state index is -1.05. The van der Waals surface area contributed by atoms with Crippen LogP contribution >= 0.6 is 0 Å². The van der Waals surface area contributed by atoms with E-state index in [2.05, 4.69) is 26.6 Å². The predicted octanol–water partition coefficient (Wildman–Crippen LogP) is 1.80. The maximum absolute atomic E-state index is 8.89. The van der Waals surface area contributed by atoms with Gasteiger partial charge in [0.25, 0.3) is 0 Å². The highest BCUT2D eigenvalue weighted by molar-refractivity contribution is 6.84. The van der Waals surface area contributed by atoms with Crippen LogP contribution in [0.15, 0.2) is 10.8 Å². The van der Waals surface area contributed by atoms with Crippen molar-refractivity contribution in [2.75, 3.05) is 6.61 Å². The van der Waals surface area contributed by atoms with Crippen molar-refractivity contribution in [3.05, 3.63) is 10.8 Å². The second kappa shape index (κ2) is 2.21. The van der Waals surface area contributed by atoms with Gasteiger partial charge < -0.3 is 5.11 Å². The summed E-state index contributed by atoms with van der Waals surface area (Å²) in [5, 5.41) is 10.5. The summed E-state index contributed by atoms with van der Waals surface area (Å²) >= 11 is 0. The molecule has 0 radical (unpaired) electrons. The molecule has 0 amide bonds. The van der Waals surface area contributed by atoms with Crippen LogP contribution in [0, 0.1) is 5.92 Å². The van der Waals surface area contributed by atoms with Gasteiger partial charge in [0.05, 0.1) is 14.7 Å². The number of aliphatic hydroxyl groups is 1. The van der Waals surface area contributed by atoms with Gasteiger partial charge in [-0.2, -0.15) is 0 Å². The zero-order valence-corrected chi connectivity index (χ0v) is 8.23. The van der Waals surface area contributed by atoms with E-state index in [1.807, 2.05) is 0 Å². The molecule has 58 valence electrons. The highest BCUT2D eigenvalue weighted by atomic mass is 28.3. The second-order valence-electron chi connectivity index (χ2n) is 4.08. The normalized spacial score (nSPS) is 25.5. The molecule has 0 fully saturated rings. The summed E-state index contributed by atoms with van der Waals surface area (Å²) in [6.45, 7) is 9.49. The molecule has 1 rings (SSSR count). The van der Waals surface area contributed by atoms with Crippen LogP contribution in [0.25, 0.3) is 0 Å². The molecule has 0 heterocycles. The van der Waals surface area contributed by atoms with Gasteiger partial charge in [-0.25, -0.2) is 0 Å². The molecule has 1 atom stereocenters. The van der Waals surface area contributed by atoms with E-state index < -0.39 is 8.07 Å². The van der Waals surface area contributed by atoms with Crippen LogP contribution in [-0.4, -0.2) is 19.8 Å². The van der Waals surface area contributed by atoms with E-state index in [0.717, 1.165) is 0 Å². The maximum atomic E-state index is 8.89. The molecule has 10 heavy (non-hydrogen) atoms. The van der Waals surface area contributed by atoms with E-state index >= 15 is 0 Å². The van der Waals surface area contributed by atoms with E-state index in [9.17, 15) is 0 Å². The molecule has 0 aromatic heterocycles. The van der Waals surface area contributed by atoms with Crippen molar-refractivity contribution in [3.63, 3.8) is 0 Å². The van der Waals surface area contributed by atoms with E-state index in [1.54, 1.807) is 5.20 Å². The molecule has 0 unspecified atom stereocenters. The van der Waals surface area contributed by atoms with E-state index in [4.69, 9.17) is 5.11 Å². The molecule has 0 saturated carbocycles. The molecular weight excluding hydrogens is 140 g/mol. The van der Waals surface area contributed by atoms with Crippen LogP contribution in [0.1, 0.15) is 6.92 Å². The monoisotopic (exact) mass is 156 g/mol. The van der Waals surface area contributed by atoms with Gasteiger partial charge in [-0.3, -0.25) is 0 Å². The van der Waals surface area contributed by atoms with Crippen LogP contribution in [0.5, 0.6) is 0 Å². The lowest BCUT2D eigenvalue weighted by Crippen LogP contribution is -2.20. The Labute approximate surface area is 63.8 Å². The Bertz CT molecular complexity index is 176. The summed E-state index contributed by atoms with van der Waals surface area (Å²) in [5.74, 6) is 0.478. The molecule has 0 bridgehead atoms. The third kappa shape index (κ3) is 1.18. The van der Waals surface area contributed by atoms with E-state index in [-0.39, 0.29) is 0 Å². The largest absolute Gasteiger partial charge is 0.395 e. The summed E-state index contributed by atoms with van der Waals surface area (Å²) in [6.07, 6.45) is 0. The Balaban J connectivity index is 2.62. The van der Waals surface area contributed by atoms with Crippen LogP contribution < -0.4 is 0 Å². The van der Waals surface area contributed by atoms with Crippen LogP contribution in [0.4, 0.5) is 0 Å². The van der Waals surface area contributed by atoms with Crippen molar-refractivity contribution < 1.29 is 5.11 Å². The Morgan fingerprint density at radius 2 is 1.90 bits per heavy atom. The lowest BCUT2D eigenvalue weighted by Gasteiger charge is -2.11. The fraction of sp³-hybridized carbons (Fsp3) is 0.750. The van der Waals surface area contributed by atoms with Gasteiger partial charge in [0.2, 0.25) is 0 Å². The number of hydrogen-bond donors (Lipinski definition) is 1. The van der Waals surface area contributed by atoms with Gasteiger partial charge in [0.15, 0.2) is 0 Å². The smallest absolute Gasteiger partial charge is 0.0733 e. The molecule has 0 saturated heterocycles. The van der Waals surface area contributed by atoms with Crippen LogP contribution in [0.3, 0.4) is 0 Å². The van der Waals surface area contributed by atoms with Crippen molar-refractivity contribution >= 4 is 8.07 Å². The Hall–Kier alpha value is -0.0831. The van der Waals surface area contributed by atoms with Gasteiger partial charge in [-0.1, -0.05) is 30.4 Å². The van der Waals surface area contributed by atoms with Gasteiger partial charge in [-0.05, 0) is 6.92 Å². The molecule has 1 nitrogen and oxygen atoms in total. The van der Waals surface area contributed by atoms with Crippen molar-refractivity contribution in [1.82, 2.24) is 0 Å². The third-order valence-electron chi connectivity index (χ3n) is 2.20. The molecule has 0 aliphatic heterocycles. The quantitative estimate of drug-likeness (QED) is 0.604. The molecule has 0 aromatic rings. The van der Waals surface area contributed by atoms with Crippen molar-refractivity contribution in [3.8, 4) is 0 Å². The number of aliphatic hydroxyl groups excluding tert-OH is 1. The Kier molecular flexibility index (Phi) is 1.77. The molecule has 2 heteroatoms.